The molecule has 0 spiro atoms. The number of hydrogen-bond donors (Lipinski definition) is 1. The average molecular weight is 279 g/mol. The van der Waals surface area contributed by atoms with Gasteiger partial charge in [0.1, 0.15) is 5.82 Å². The Kier molecular flexibility index (Phi) is 5.52. The Morgan fingerprint density at radius 2 is 2.05 bits per heavy atom. The molecule has 1 unspecified atom stereocenters. The number of nitrogens with two attached hydrogens (primary N) is 1. The predicted octanol–water partition coefficient (Wildman–Crippen LogP) is 2.16. The Morgan fingerprint density at radius 3 is 2.70 bits per heavy atom. The normalized spacial score (nSPS) is 17.9. The quantitative estimate of drug-likeness (QED) is 0.866. The van der Waals surface area contributed by atoms with E-state index in [4.69, 9.17) is 5.73 Å². The Bertz CT molecular complexity index is 430. The van der Waals surface area contributed by atoms with Crippen LogP contribution in [0.2, 0.25) is 0 Å². The molecule has 0 aromatic heterocycles. The molecule has 20 heavy (non-hydrogen) atoms. The number of hydrogen-bond acceptors (Lipinski definition) is 3. The van der Waals surface area contributed by atoms with Crippen LogP contribution in [-0.4, -0.2) is 49.6 Å². The standard InChI is InChI=1S/C16H26FN3/c1-13-5-6-15(17)14(11-13)16(12-18)19(2)9-10-20-7-3-4-8-20/h5-6,11,16H,3-4,7-10,12,18H2,1-2H3. The summed E-state index contributed by atoms with van der Waals surface area (Å²) in [6.07, 6.45) is 2.60. The topological polar surface area (TPSA) is 32.5 Å². The van der Waals surface area contributed by atoms with Crippen molar-refractivity contribution in [3.8, 4) is 0 Å². The highest BCUT2D eigenvalue weighted by Crippen LogP contribution is 2.22. The van der Waals surface area contributed by atoms with Crippen LogP contribution in [-0.2, 0) is 0 Å². The number of likely N-dealkylation sites (N-methyl/N-ethyl adjacent to an activating group) is 1. The van der Waals surface area contributed by atoms with Gasteiger partial charge in [-0.2, -0.15) is 0 Å². The molecule has 1 aliphatic rings. The Labute approximate surface area is 121 Å². The van der Waals surface area contributed by atoms with E-state index in [-0.39, 0.29) is 11.9 Å². The number of benzene rings is 1. The number of nitrogens with zero attached hydrogens (tertiary/aromatic N) is 2. The van der Waals surface area contributed by atoms with Crippen molar-refractivity contribution >= 4 is 0 Å². The first-order chi connectivity index (χ1) is 9.61. The second-order valence-electron chi connectivity index (χ2n) is 5.81. The van der Waals surface area contributed by atoms with Gasteiger partial charge < -0.3 is 10.6 Å². The summed E-state index contributed by atoms with van der Waals surface area (Å²) in [5, 5.41) is 0. The zero-order chi connectivity index (χ0) is 14.5. The van der Waals surface area contributed by atoms with E-state index in [1.165, 1.54) is 25.9 Å². The molecule has 0 radical (unpaired) electrons. The molecule has 2 N–H and O–H groups in total. The first kappa shape index (κ1) is 15.4. The molecular formula is C16H26FN3. The molecule has 0 aliphatic carbocycles. The first-order valence-corrected chi connectivity index (χ1v) is 7.50. The van der Waals surface area contributed by atoms with Crippen molar-refractivity contribution in [3.05, 3.63) is 35.1 Å². The van der Waals surface area contributed by atoms with Crippen LogP contribution in [0.1, 0.15) is 30.0 Å². The highest BCUT2D eigenvalue weighted by Gasteiger charge is 2.20. The van der Waals surface area contributed by atoms with Crippen LogP contribution >= 0.6 is 0 Å². The molecule has 0 amide bonds. The maximum absolute atomic E-state index is 14.0. The summed E-state index contributed by atoms with van der Waals surface area (Å²) < 4.78 is 14.0. The molecule has 1 aromatic rings. The third kappa shape index (κ3) is 3.78. The van der Waals surface area contributed by atoms with Crippen molar-refractivity contribution < 1.29 is 4.39 Å². The van der Waals surface area contributed by atoms with Crippen molar-refractivity contribution in [3.63, 3.8) is 0 Å². The lowest BCUT2D eigenvalue weighted by Gasteiger charge is -2.29. The lowest BCUT2D eigenvalue weighted by molar-refractivity contribution is 0.206. The van der Waals surface area contributed by atoms with Crippen molar-refractivity contribution in [2.24, 2.45) is 5.73 Å². The van der Waals surface area contributed by atoms with Gasteiger partial charge in [-0.15, -0.1) is 0 Å². The monoisotopic (exact) mass is 279 g/mol. The summed E-state index contributed by atoms with van der Waals surface area (Å²) in [7, 11) is 2.04. The molecular weight excluding hydrogens is 253 g/mol. The van der Waals surface area contributed by atoms with Crippen LogP contribution in [0.5, 0.6) is 0 Å². The van der Waals surface area contributed by atoms with Gasteiger partial charge in [0.15, 0.2) is 0 Å². The molecule has 1 fully saturated rings. The van der Waals surface area contributed by atoms with Gasteiger partial charge in [0, 0.05) is 31.2 Å². The SMILES string of the molecule is Cc1ccc(F)c(C(CN)N(C)CCN2CCCC2)c1. The molecule has 0 saturated carbocycles. The van der Waals surface area contributed by atoms with Crippen LogP contribution in [0, 0.1) is 12.7 Å². The molecule has 1 atom stereocenters. The Hall–Kier alpha value is -0.970. The van der Waals surface area contributed by atoms with Crippen molar-refractivity contribution in [2.75, 3.05) is 39.8 Å². The van der Waals surface area contributed by atoms with E-state index in [0.29, 0.717) is 6.54 Å². The van der Waals surface area contributed by atoms with E-state index in [1.54, 1.807) is 12.1 Å². The maximum atomic E-state index is 14.0. The van der Waals surface area contributed by atoms with Crippen LogP contribution < -0.4 is 5.73 Å². The fourth-order valence-corrected chi connectivity index (χ4v) is 2.92. The van der Waals surface area contributed by atoms with Crippen LogP contribution in [0.4, 0.5) is 4.39 Å². The number of rotatable bonds is 6. The van der Waals surface area contributed by atoms with Crippen molar-refractivity contribution in [2.45, 2.75) is 25.8 Å². The third-order valence-corrected chi connectivity index (χ3v) is 4.23. The fourth-order valence-electron chi connectivity index (χ4n) is 2.92. The molecule has 4 heteroatoms. The van der Waals surface area contributed by atoms with Crippen LogP contribution in [0.15, 0.2) is 18.2 Å². The summed E-state index contributed by atoms with van der Waals surface area (Å²) in [6.45, 7) is 6.78. The Balaban J connectivity index is 2.00. The summed E-state index contributed by atoms with van der Waals surface area (Å²) >= 11 is 0. The lowest BCUT2D eigenvalue weighted by Crippen LogP contribution is -2.37. The minimum absolute atomic E-state index is 0.0440. The summed E-state index contributed by atoms with van der Waals surface area (Å²) in [5.41, 5.74) is 7.68. The van der Waals surface area contributed by atoms with Crippen molar-refractivity contribution in [1.29, 1.82) is 0 Å². The van der Waals surface area contributed by atoms with E-state index in [9.17, 15) is 4.39 Å². The minimum atomic E-state index is -0.154. The Morgan fingerprint density at radius 1 is 1.35 bits per heavy atom. The summed E-state index contributed by atoms with van der Waals surface area (Å²) in [5.74, 6) is -0.154. The van der Waals surface area contributed by atoms with Crippen molar-refractivity contribution in [1.82, 2.24) is 9.80 Å². The van der Waals surface area contributed by atoms with E-state index in [0.717, 1.165) is 24.2 Å². The average Bonchev–Trinajstić information content (AvgIpc) is 2.94. The van der Waals surface area contributed by atoms with E-state index in [1.807, 2.05) is 20.0 Å². The van der Waals surface area contributed by atoms with Crippen LogP contribution in [0.3, 0.4) is 0 Å². The zero-order valence-electron chi connectivity index (χ0n) is 12.6. The van der Waals surface area contributed by atoms with E-state index < -0.39 is 0 Å². The van der Waals surface area contributed by atoms with Gasteiger partial charge in [-0.05, 0) is 46.0 Å². The maximum Gasteiger partial charge on any atom is 0.128 e. The molecule has 0 bridgehead atoms. The van der Waals surface area contributed by atoms with Gasteiger partial charge in [0.25, 0.3) is 0 Å². The predicted molar refractivity (Wildman–Crippen MR) is 81.2 cm³/mol. The number of aryl methyl sites for hydroxylation is 1. The van der Waals surface area contributed by atoms with Gasteiger partial charge in [0.05, 0.1) is 0 Å². The zero-order valence-corrected chi connectivity index (χ0v) is 12.6. The van der Waals surface area contributed by atoms with Gasteiger partial charge in [-0.1, -0.05) is 17.7 Å². The molecule has 1 saturated heterocycles. The second-order valence-corrected chi connectivity index (χ2v) is 5.81. The smallest absolute Gasteiger partial charge is 0.128 e. The summed E-state index contributed by atoms with van der Waals surface area (Å²) in [4.78, 5) is 4.65. The third-order valence-electron chi connectivity index (χ3n) is 4.23. The highest BCUT2D eigenvalue weighted by molar-refractivity contribution is 5.27. The van der Waals surface area contributed by atoms with E-state index >= 15 is 0 Å². The fraction of sp³-hybridized carbons (Fsp3) is 0.625. The summed E-state index contributed by atoms with van der Waals surface area (Å²) in [6, 6.07) is 5.22. The number of halogens is 1. The second kappa shape index (κ2) is 7.16. The van der Waals surface area contributed by atoms with Crippen LogP contribution in [0.25, 0.3) is 0 Å². The van der Waals surface area contributed by atoms with Gasteiger partial charge in [0.2, 0.25) is 0 Å². The molecule has 2 rings (SSSR count). The van der Waals surface area contributed by atoms with Gasteiger partial charge >= 0.3 is 0 Å². The number of likely N-dealkylation sites (tertiary alicyclic amines) is 1. The first-order valence-electron chi connectivity index (χ1n) is 7.50. The molecule has 1 aromatic carbocycles. The van der Waals surface area contributed by atoms with E-state index in [2.05, 4.69) is 9.80 Å². The molecule has 3 nitrogen and oxygen atoms in total. The van der Waals surface area contributed by atoms with Gasteiger partial charge in [-0.25, -0.2) is 4.39 Å². The van der Waals surface area contributed by atoms with Gasteiger partial charge in [-0.3, -0.25) is 4.90 Å². The highest BCUT2D eigenvalue weighted by atomic mass is 19.1. The molecule has 1 aliphatic heterocycles. The largest absolute Gasteiger partial charge is 0.329 e. The minimum Gasteiger partial charge on any atom is -0.329 e. The lowest BCUT2D eigenvalue weighted by atomic mass is 10.0. The molecule has 1 heterocycles. The molecule has 112 valence electrons.